The zero-order chi connectivity index (χ0) is 21.9. The molecule has 0 aliphatic heterocycles. The van der Waals surface area contributed by atoms with Gasteiger partial charge in [0.25, 0.3) is 0 Å². The zero-order valence-corrected chi connectivity index (χ0v) is 16.4. The molecule has 1 atom stereocenters. The van der Waals surface area contributed by atoms with Crippen LogP contribution in [0.25, 0.3) is 11.3 Å². The number of thiazole rings is 1. The van der Waals surface area contributed by atoms with Gasteiger partial charge in [0, 0.05) is 17.1 Å². The van der Waals surface area contributed by atoms with Crippen LogP contribution in [-0.4, -0.2) is 31.9 Å². The van der Waals surface area contributed by atoms with Crippen molar-refractivity contribution in [3.63, 3.8) is 0 Å². The topological polar surface area (TPSA) is 101 Å². The Kier molecular flexibility index (Phi) is 6.07. The van der Waals surface area contributed by atoms with E-state index in [1.807, 2.05) is 6.07 Å². The van der Waals surface area contributed by atoms with Gasteiger partial charge >= 0.3 is 12.1 Å². The predicted octanol–water partition coefficient (Wildman–Crippen LogP) is 4.45. The first-order valence-electron chi connectivity index (χ1n) is 8.62. The van der Waals surface area contributed by atoms with Gasteiger partial charge in [-0.15, -0.1) is 11.3 Å². The van der Waals surface area contributed by atoms with Crippen molar-refractivity contribution >= 4 is 17.3 Å². The normalized spacial score (nSPS) is 12.4. The lowest BCUT2D eigenvalue weighted by atomic mass is 10.1. The molecule has 30 heavy (non-hydrogen) atoms. The second-order valence-electron chi connectivity index (χ2n) is 6.39. The largest absolute Gasteiger partial charge is 0.490 e. The number of carboxylic acid groups (broad SMARTS) is 1. The van der Waals surface area contributed by atoms with Crippen molar-refractivity contribution in [2.45, 2.75) is 32.2 Å². The van der Waals surface area contributed by atoms with E-state index >= 15 is 0 Å². The van der Waals surface area contributed by atoms with Gasteiger partial charge in [0.15, 0.2) is 0 Å². The van der Waals surface area contributed by atoms with Gasteiger partial charge in [-0.3, -0.25) is 4.68 Å². The van der Waals surface area contributed by atoms with Crippen molar-refractivity contribution in [3.05, 3.63) is 52.1 Å². The van der Waals surface area contributed by atoms with Crippen LogP contribution in [0.1, 0.15) is 34.3 Å². The second-order valence-corrected chi connectivity index (χ2v) is 7.34. The summed E-state index contributed by atoms with van der Waals surface area (Å²) in [7, 11) is 0. The summed E-state index contributed by atoms with van der Waals surface area (Å²) in [5.74, 6) is -1.11. The van der Waals surface area contributed by atoms with Gasteiger partial charge in [-0.2, -0.15) is 23.5 Å². The number of aromatic carboxylic acids is 1. The summed E-state index contributed by atoms with van der Waals surface area (Å²) in [5, 5.41) is 23.8. The van der Waals surface area contributed by atoms with E-state index in [9.17, 15) is 18.0 Å². The highest BCUT2D eigenvalue weighted by Crippen LogP contribution is 2.36. The Bertz CT molecular complexity index is 1100. The molecule has 3 aromatic rings. The average Bonchev–Trinajstić information content (AvgIpc) is 3.31. The van der Waals surface area contributed by atoms with Crippen molar-refractivity contribution < 1.29 is 27.8 Å². The number of alkyl halides is 3. The molecule has 7 nitrogen and oxygen atoms in total. The highest BCUT2D eigenvalue weighted by atomic mass is 32.1. The summed E-state index contributed by atoms with van der Waals surface area (Å²) in [5.41, 5.74) is -0.313. The first kappa shape index (κ1) is 21.3. The van der Waals surface area contributed by atoms with Crippen LogP contribution in [0.4, 0.5) is 13.2 Å². The number of nitriles is 1. The fourth-order valence-corrected chi connectivity index (χ4v) is 3.39. The SMILES string of the molecule is CC(CC#N)Oc1cc(-c2csc(Cn3cc(C(=O)O)cn3)n2)cc(C(F)(F)F)c1. The molecule has 0 bridgehead atoms. The fourth-order valence-electron chi connectivity index (χ4n) is 2.60. The van der Waals surface area contributed by atoms with Crippen LogP contribution in [0.15, 0.2) is 36.0 Å². The second kappa shape index (κ2) is 8.54. The first-order chi connectivity index (χ1) is 14.2. The molecule has 3 rings (SSSR count). The maximum Gasteiger partial charge on any atom is 0.416 e. The van der Waals surface area contributed by atoms with E-state index in [0.29, 0.717) is 10.7 Å². The maximum atomic E-state index is 13.3. The van der Waals surface area contributed by atoms with Crippen molar-refractivity contribution in [1.29, 1.82) is 5.26 Å². The lowest BCUT2D eigenvalue weighted by molar-refractivity contribution is -0.137. The number of hydrogen-bond donors (Lipinski definition) is 1. The molecule has 2 heterocycles. The highest BCUT2D eigenvalue weighted by molar-refractivity contribution is 7.09. The Balaban J connectivity index is 1.88. The van der Waals surface area contributed by atoms with Crippen LogP contribution in [-0.2, 0) is 12.7 Å². The molecule has 0 spiro atoms. The number of aromatic nitrogens is 3. The smallest absolute Gasteiger partial charge is 0.416 e. The lowest BCUT2D eigenvalue weighted by Crippen LogP contribution is -2.12. The quantitative estimate of drug-likeness (QED) is 0.587. The summed E-state index contributed by atoms with van der Waals surface area (Å²) < 4.78 is 46.8. The van der Waals surface area contributed by atoms with Gasteiger partial charge in [0.2, 0.25) is 0 Å². The predicted molar refractivity (Wildman–Crippen MR) is 101 cm³/mol. The van der Waals surface area contributed by atoms with E-state index < -0.39 is 23.8 Å². The van der Waals surface area contributed by atoms with E-state index in [0.717, 1.165) is 12.1 Å². The molecule has 11 heteroatoms. The Morgan fingerprint density at radius 3 is 2.80 bits per heavy atom. The molecule has 0 amide bonds. The number of halogens is 3. The molecule has 1 N–H and O–H groups in total. The average molecular weight is 436 g/mol. The molecule has 1 aromatic carbocycles. The minimum atomic E-state index is -4.58. The van der Waals surface area contributed by atoms with E-state index in [2.05, 4.69) is 10.1 Å². The van der Waals surface area contributed by atoms with Crippen LogP contribution >= 0.6 is 11.3 Å². The van der Waals surface area contributed by atoms with E-state index in [1.165, 1.54) is 34.5 Å². The Morgan fingerprint density at radius 2 is 2.17 bits per heavy atom. The molecular formula is C19H15F3N4O3S. The molecule has 156 valence electrons. The van der Waals surface area contributed by atoms with Crippen molar-refractivity contribution in [3.8, 4) is 23.1 Å². The molecule has 0 fully saturated rings. The molecule has 0 saturated carbocycles. The van der Waals surface area contributed by atoms with Crippen LogP contribution < -0.4 is 4.74 Å². The highest BCUT2D eigenvalue weighted by Gasteiger charge is 2.32. The Morgan fingerprint density at radius 1 is 1.40 bits per heavy atom. The van der Waals surface area contributed by atoms with Crippen molar-refractivity contribution in [1.82, 2.24) is 14.8 Å². The van der Waals surface area contributed by atoms with E-state index in [-0.39, 0.29) is 29.8 Å². The summed E-state index contributed by atoms with van der Waals surface area (Å²) in [4.78, 5) is 15.3. The van der Waals surface area contributed by atoms with Gasteiger partial charge < -0.3 is 9.84 Å². The minimum absolute atomic E-state index is 0.00435. The van der Waals surface area contributed by atoms with Gasteiger partial charge in [0.1, 0.15) is 16.9 Å². The number of ether oxygens (including phenoxy) is 1. The van der Waals surface area contributed by atoms with Gasteiger partial charge in [0.05, 0.1) is 42.1 Å². The Labute approximate surface area is 173 Å². The van der Waals surface area contributed by atoms with Gasteiger partial charge in [-0.25, -0.2) is 9.78 Å². The molecule has 0 saturated heterocycles. The lowest BCUT2D eigenvalue weighted by Gasteiger charge is -2.15. The van der Waals surface area contributed by atoms with E-state index in [1.54, 1.807) is 12.3 Å². The number of carboxylic acids is 1. The number of benzene rings is 1. The monoisotopic (exact) mass is 436 g/mol. The Hall–Kier alpha value is -3.39. The van der Waals surface area contributed by atoms with Crippen molar-refractivity contribution in [2.24, 2.45) is 0 Å². The van der Waals surface area contributed by atoms with Crippen molar-refractivity contribution in [2.75, 3.05) is 0 Å². The molecule has 0 aliphatic rings. The molecule has 0 aliphatic carbocycles. The first-order valence-corrected chi connectivity index (χ1v) is 9.50. The third kappa shape index (κ3) is 5.15. The van der Waals surface area contributed by atoms with Crippen LogP contribution in [0.3, 0.4) is 0 Å². The molecule has 2 aromatic heterocycles. The van der Waals surface area contributed by atoms with Crippen LogP contribution in [0.2, 0.25) is 0 Å². The number of hydrogen-bond acceptors (Lipinski definition) is 6. The molecule has 0 radical (unpaired) electrons. The minimum Gasteiger partial charge on any atom is -0.490 e. The molecular weight excluding hydrogens is 421 g/mol. The third-order valence-corrected chi connectivity index (χ3v) is 4.81. The number of rotatable bonds is 7. The third-order valence-electron chi connectivity index (χ3n) is 3.97. The van der Waals surface area contributed by atoms with E-state index in [4.69, 9.17) is 15.1 Å². The number of carbonyl (C=O) groups is 1. The summed E-state index contributed by atoms with van der Waals surface area (Å²) in [6, 6.07) is 5.23. The van der Waals surface area contributed by atoms with Crippen LogP contribution in [0, 0.1) is 11.3 Å². The molecule has 1 unspecified atom stereocenters. The van der Waals surface area contributed by atoms with Gasteiger partial charge in [-0.05, 0) is 25.1 Å². The summed E-state index contributed by atoms with van der Waals surface area (Å²) in [6.45, 7) is 1.78. The maximum absolute atomic E-state index is 13.3. The standard InChI is InChI=1S/C19H15F3N4O3S/c1-11(2-3-23)29-15-5-12(4-14(6-15)19(20,21)22)16-10-30-17(25-16)9-26-8-13(7-24-26)18(27)28/h4-8,10-11H,2,9H2,1H3,(H,27,28). The van der Waals surface area contributed by atoms with Gasteiger partial charge in [-0.1, -0.05) is 0 Å². The zero-order valence-electron chi connectivity index (χ0n) is 15.6. The number of nitrogens with zero attached hydrogens (tertiary/aromatic N) is 4. The summed E-state index contributed by atoms with van der Waals surface area (Å²) in [6.07, 6.45) is -2.56. The summed E-state index contributed by atoms with van der Waals surface area (Å²) >= 11 is 1.21. The van der Waals surface area contributed by atoms with Crippen LogP contribution in [0.5, 0.6) is 5.75 Å². The fraction of sp³-hybridized carbons (Fsp3) is 0.263.